The van der Waals surface area contributed by atoms with Crippen LogP contribution in [0.15, 0.2) is 53.3 Å². The average Bonchev–Trinajstić information content (AvgIpc) is 3.32. The highest BCUT2D eigenvalue weighted by molar-refractivity contribution is 9.10. The van der Waals surface area contributed by atoms with E-state index in [0.717, 1.165) is 10.9 Å². The molecule has 1 N–H and O–H groups in total. The number of amides is 1. The fourth-order valence-corrected chi connectivity index (χ4v) is 2.85. The first-order chi connectivity index (χ1) is 10.2. The van der Waals surface area contributed by atoms with Crippen LogP contribution in [0.4, 0.5) is 0 Å². The molecule has 4 heteroatoms. The van der Waals surface area contributed by atoms with E-state index in [-0.39, 0.29) is 11.9 Å². The van der Waals surface area contributed by atoms with Gasteiger partial charge in [0.2, 0.25) is 0 Å². The molecule has 1 unspecified atom stereocenters. The van der Waals surface area contributed by atoms with Gasteiger partial charge in [-0.15, -0.1) is 0 Å². The van der Waals surface area contributed by atoms with Gasteiger partial charge in [-0.1, -0.05) is 30.3 Å². The Morgan fingerprint density at radius 2 is 2.05 bits per heavy atom. The first-order valence-electron chi connectivity index (χ1n) is 7.18. The molecular formula is C17H17BrN2O. The molecule has 3 rings (SSSR count). The molecule has 21 heavy (non-hydrogen) atoms. The summed E-state index contributed by atoms with van der Waals surface area (Å²) < 4.78 is 0.821. The standard InChI is InChI=1S/C17H17BrN2O/c18-15-9-14(10-19-11-15)17(21)20-16(13-6-7-13)8-12-4-2-1-3-5-12/h1-5,9-11,13,16H,6-8H2,(H,20,21). The number of rotatable bonds is 5. The first-order valence-corrected chi connectivity index (χ1v) is 7.97. The van der Waals surface area contributed by atoms with E-state index >= 15 is 0 Å². The number of hydrogen-bond donors (Lipinski definition) is 1. The molecule has 1 aliphatic rings. The lowest BCUT2D eigenvalue weighted by molar-refractivity contribution is 0.0931. The Kier molecular flexibility index (Phi) is 4.34. The smallest absolute Gasteiger partial charge is 0.253 e. The number of pyridine rings is 1. The van der Waals surface area contributed by atoms with Crippen molar-refractivity contribution >= 4 is 21.8 Å². The van der Waals surface area contributed by atoms with E-state index in [4.69, 9.17) is 0 Å². The van der Waals surface area contributed by atoms with Crippen molar-refractivity contribution < 1.29 is 4.79 Å². The number of nitrogens with zero attached hydrogens (tertiary/aromatic N) is 1. The summed E-state index contributed by atoms with van der Waals surface area (Å²) in [5.74, 6) is 0.561. The molecule has 0 spiro atoms. The quantitative estimate of drug-likeness (QED) is 0.900. The Labute approximate surface area is 132 Å². The molecule has 1 aliphatic carbocycles. The van der Waals surface area contributed by atoms with Crippen LogP contribution in [0.2, 0.25) is 0 Å². The van der Waals surface area contributed by atoms with Gasteiger partial charge in [-0.05, 0) is 52.7 Å². The highest BCUT2D eigenvalue weighted by atomic mass is 79.9. The summed E-state index contributed by atoms with van der Waals surface area (Å²) in [5, 5.41) is 3.17. The number of hydrogen-bond acceptors (Lipinski definition) is 2. The summed E-state index contributed by atoms with van der Waals surface area (Å²) >= 11 is 3.35. The van der Waals surface area contributed by atoms with Gasteiger partial charge in [0, 0.05) is 22.9 Å². The first kappa shape index (κ1) is 14.3. The van der Waals surface area contributed by atoms with Gasteiger partial charge in [0.15, 0.2) is 0 Å². The molecule has 1 aromatic carbocycles. The Morgan fingerprint density at radius 3 is 2.71 bits per heavy atom. The molecule has 1 saturated carbocycles. The number of aromatic nitrogens is 1. The summed E-state index contributed by atoms with van der Waals surface area (Å²) in [6.07, 6.45) is 6.58. The molecule has 1 aromatic heterocycles. The lowest BCUT2D eigenvalue weighted by atomic mass is 10.0. The second-order valence-electron chi connectivity index (χ2n) is 5.50. The molecule has 0 bridgehead atoms. The molecule has 3 nitrogen and oxygen atoms in total. The predicted molar refractivity (Wildman–Crippen MR) is 86.1 cm³/mol. The Hall–Kier alpha value is -1.68. The van der Waals surface area contributed by atoms with E-state index in [0.29, 0.717) is 11.5 Å². The minimum Gasteiger partial charge on any atom is -0.349 e. The summed E-state index contributed by atoms with van der Waals surface area (Å²) in [6, 6.07) is 12.3. The monoisotopic (exact) mass is 344 g/mol. The molecule has 1 amide bonds. The van der Waals surface area contributed by atoms with Crippen molar-refractivity contribution in [1.29, 1.82) is 0 Å². The maximum absolute atomic E-state index is 12.4. The van der Waals surface area contributed by atoms with E-state index in [9.17, 15) is 4.79 Å². The maximum atomic E-state index is 12.4. The van der Waals surface area contributed by atoms with Gasteiger partial charge in [-0.25, -0.2) is 0 Å². The minimum absolute atomic E-state index is 0.0448. The highest BCUT2D eigenvalue weighted by Gasteiger charge is 2.32. The molecule has 0 saturated heterocycles. The van der Waals surface area contributed by atoms with Gasteiger partial charge < -0.3 is 5.32 Å². The molecule has 2 aromatic rings. The Balaban J connectivity index is 1.69. The van der Waals surface area contributed by atoms with Crippen molar-refractivity contribution in [2.24, 2.45) is 5.92 Å². The van der Waals surface area contributed by atoms with Gasteiger partial charge in [0.1, 0.15) is 0 Å². The lowest BCUT2D eigenvalue weighted by Crippen LogP contribution is -2.38. The topological polar surface area (TPSA) is 42.0 Å². The zero-order valence-corrected chi connectivity index (χ0v) is 13.2. The van der Waals surface area contributed by atoms with Crippen LogP contribution in [0, 0.1) is 5.92 Å². The van der Waals surface area contributed by atoms with Gasteiger partial charge >= 0.3 is 0 Å². The largest absolute Gasteiger partial charge is 0.349 e. The van der Waals surface area contributed by atoms with Gasteiger partial charge in [-0.3, -0.25) is 9.78 Å². The summed E-state index contributed by atoms with van der Waals surface area (Å²) in [4.78, 5) is 16.4. The SMILES string of the molecule is O=C(NC(Cc1ccccc1)C1CC1)c1cncc(Br)c1. The van der Waals surface area contributed by atoms with Gasteiger partial charge in [0.25, 0.3) is 5.91 Å². The Bertz CT molecular complexity index is 626. The average molecular weight is 345 g/mol. The normalized spacial score (nSPS) is 15.5. The number of carbonyl (C=O) groups is 1. The molecule has 108 valence electrons. The van der Waals surface area contributed by atoms with Gasteiger partial charge in [0.05, 0.1) is 5.56 Å². The third kappa shape index (κ3) is 3.91. The second kappa shape index (κ2) is 6.39. The van der Waals surface area contributed by atoms with Crippen LogP contribution in [0.5, 0.6) is 0 Å². The lowest BCUT2D eigenvalue weighted by Gasteiger charge is -2.18. The second-order valence-corrected chi connectivity index (χ2v) is 6.41. The van der Waals surface area contributed by atoms with Crippen LogP contribution >= 0.6 is 15.9 Å². The molecule has 1 heterocycles. The van der Waals surface area contributed by atoms with E-state index in [1.807, 2.05) is 18.2 Å². The van der Waals surface area contributed by atoms with E-state index < -0.39 is 0 Å². The van der Waals surface area contributed by atoms with Crippen molar-refractivity contribution in [3.8, 4) is 0 Å². The summed E-state index contributed by atoms with van der Waals surface area (Å²) in [6.45, 7) is 0. The van der Waals surface area contributed by atoms with E-state index in [1.165, 1.54) is 18.4 Å². The van der Waals surface area contributed by atoms with Crippen molar-refractivity contribution in [1.82, 2.24) is 10.3 Å². The zero-order valence-electron chi connectivity index (χ0n) is 11.6. The van der Waals surface area contributed by atoms with Crippen LogP contribution in [0.1, 0.15) is 28.8 Å². The van der Waals surface area contributed by atoms with E-state index in [2.05, 4.69) is 38.4 Å². The zero-order chi connectivity index (χ0) is 14.7. The fourth-order valence-electron chi connectivity index (χ4n) is 2.49. The molecule has 0 radical (unpaired) electrons. The maximum Gasteiger partial charge on any atom is 0.253 e. The third-order valence-electron chi connectivity index (χ3n) is 3.77. The fraction of sp³-hybridized carbons (Fsp3) is 0.294. The van der Waals surface area contributed by atoms with Crippen LogP contribution in [0.25, 0.3) is 0 Å². The van der Waals surface area contributed by atoms with Gasteiger partial charge in [-0.2, -0.15) is 0 Å². The van der Waals surface area contributed by atoms with Crippen molar-refractivity contribution in [3.05, 3.63) is 64.4 Å². The minimum atomic E-state index is -0.0448. The number of halogens is 1. The molecule has 1 atom stereocenters. The number of nitrogens with one attached hydrogen (secondary N) is 1. The van der Waals surface area contributed by atoms with Crippen molar-refractivity contribution in [3.63, 3.8) is 0 Å². The van der Waals surface area contributed by atoms with Crippen LogP contribution in [-0.4, -0.2) is 16.9 Å². The van der Waals surface area contributed by atoms with Crippen molar-refractivity contribution in [2.75, 3.05) is 0 Å². The number of benzene rings is 1. The van der Waals surface area contributed by atoms with Crippen molar-refractivity contribution in [2.45, 2.75) is 25.3 Å². The van der Waals surface area contributed by atoms with Crippen LogP contribution < -0.4 is 5.32 Å². The predicted octanol–water partition coefficient (Wildman–Crippen LogP) is 3.60. The van der Waals surface area contributed by atoms with E-state index in [1.54, 1.807) is 18.5 Å². The molecule has 1 fully saturated rings. The summed E-state index contributed by atoms with van der Waals surface area (Å²) in [7, 11) is 0. The molecular weight excluding hydrogens is 328 g/mol. The Morgan fingerprint density at radius 1 is 1.29 bits per heavy atom. The highest BCUT2D eigenvalue weighted by Crippen LogP contribution is 2.34. The number of carbonyl (C=O) groups excluding carboxylic acids is 1. The van der Waals surface area contributed by atoms with Crippen LogP contribution in [0.3, 0.4) is 0 Å². The third-order valence-corrected chi connectivity index (χ3v) is 4.21. The summed E-state index contributed by atoms with van der Waals surface area (Å²) in [5.41, 5.74) is 1.87. The molecule has 0 aliphatic heterocycles. The van der Waals surface area contributed by atoms with Crippen LogP contribution in [-0.2, 0) is 6.42 Å².